The number of carbonyl (C=O) groups excluding carboxylic acids is 2. The predicted octanol–water partition coefficient (Wildman–Crippen LogP) is 2.23. The van der Waals surface area contributed by atoms with Gasteiger partial charge >= 0.3 is 0 Å². The monoisotopic (exact) mass is 474 g/mol. The summed E-state index contributed by atoms with van der Waals surface area (Å²) in [7, 11) is -2.14. The SMILES string of the molecule is COc1ccc(NCC(=O)NNC(=O)c2cccc(S(=O)(=O)N3CC(C)CC(C)C3)c2)cc1. The Hall–Kier alpha value is -3.11. The van der Waals surface area contributed by atoms with Gasteiger partial charge in [-0.05, 0) is 60.7 Å². The van der Waals surface area contributed by atoms with Gasteiger partial charge in [0.1, 0.15) is 5.75 Å². The minimum atomic E-state index is -3.71. The zero-order valence-electron chi connectivity index (χ0n) is 19.0. The molecule has 1 fully saturated rings. The van der Waals surface area contributed by atoms with Gasteiger partial charge in [-0.2, -0.15) is 4.31 Å². The fourth-order valence-corrected chi connectivity index (χ4v) is 5.61. The molecule has 2 aromatic carbocycles. The van der Waals surface area contributed by atoms with Crippen molar-refractivity contribution in [3.8, 4) is 5.75 Å². The smallest absolute Gasteiger partial charge is 0.269 e. The third-order valence-corrected chi connectivity index (χ3v) is 7.26. The number of amides is 2. The molecule has 0 saturated carbocycles. The van der Waals surface area contributed by atoms with E-state index >= 15 is 0 Å². The third-order valence-electron chi connectivity index (χ3n) is 5.43. The molecule has 2 aromatic rings. The van der Waals surface area contributed by atoms with E-state index in [1.165, 1.54) is 28.6 Å². The summed E-state index contributed by atoms with van der Waals surface area (Å²) in [5, 5.41) is 2.93. The molecule has 0 aromatic heterocycles. The van der Waals surface area contributed by atoms with Gasteiger partial charge in [0.2, 0.25) is 10.0 Å². The summed E-state index contributed by atoms with van der Waals surface area (Å²) >= 11 is 0. The molecule has 1 saturated heterocycles. The van der Waals surface area contributed by atoms with E-state index in [9.17, 15) is 18.0 Å². The summed E-state index contributed by atoms with van der Waals surface area (Å²) in [4.78, 5) is 24.6. The Kier molecular flexibility index (Phi) is 7.93. The lowest BCUT2D eigenvalue weighted by Gasteiger charge is -2.34. The van der Waals surface area contributed by atoms with Crippen LogP contribution in [0, 0.1) is 11.8 Å². The topological polar surface area (TPSA) is 117 Å². The van der Waals surface area contributed by atoms with Crippen LogP contribution >= 0.6 is 0 Å². The van der Waals surface area contributed by atoms with Crippen molar-refractivity contribution in [3.05, 3.63) is 54.1 Å². The van der Waals surface area contributed by atoms with Crippen LogP contribution in [0.3, 0.4) is 0 Å². The standard InChI is InChI=1S/C23H30N4O5S/c1-16-11-17(2)15-27(14-16)33(30,31)21-6-4-5-18(12-21)23(29)26-25-22(28)13-24-19-7-9-20(32-3)10-8-19/h4-10,12,16-17,24H,11,13-15H2,1-3H3,(H,25,28)(H,26,29). The van der Waals surface area contributed by atoms with E-state index in [1.807, 2.05) is 13.8 Å². The van der Waals surface area contributed by atoms with Crippen LogP contribution in [0.1, 0.15) is 30.6 Å². The highest BCUT2D eigenvalue weighted by molar-refractivity contribution is 7.89. The first-order chi connectivity index (χ1) is 15.7. The van der Waals surface area contributed by atoms with E-state index in [-0.39, 0.29) is 28.8 Å². The fraction of sp³-hybridized carbons (Fsp3) is 0.391. The zero-order valence-corrected chi connectivity index (χ0v) is 19.8. The molecule has 0 bridgehead atoms. The van der Waals surface area contributed by atoms with Crippen molar-refractivity contribution in [2.75, 3.05) is 32.1 Å². The third kappa shape index (κ3) is 6.45. The van der Waals surface area contributed by atoms with E-state index in [0.29, 0.717) is 18.8 Å². The number of hydrogen-bond acceptors (Lipinski definition) is 6. The van der Waals surface area contributed by atoms with Crippen LogP contribution in [0.5, 0.6) is 5.75 Å². The summed E-state index contributed by atoms with van der Waals surface area (Å²) < 4.78 is 32.7. The molecule has 0 radical (unpaired) electrons. The van der Waals surface area contributed by atoms with Crippen LogP contribution in [0.25, 0.3) is 0 Å². The fourth-order valence-electron chi connectivity index (χ4n) is 3.88. The molecular formula is C23H30N4O5S. The van der Waals surface area contributed by atoms with E-state index < -0.39 is 21.8 Å². The maximum atomic E-state index is 13.1. The van der Waals surface area contributed by atoms with E-state index in [0.717, 1.165) is 12.1 Å². The van der Waals surface area contributed by atoms with Gasteiger partial charge in [0.05, 0.1) is 18.6 Å². The molecule has 3 rings (SSSR count). The summed E-state index contributed by atoms with van der Waals surface area (Å²) in [5.41, 5.74) is 5.50. The molecule has 1 heterocycles. The number of hydrazine groups is 1. The molecular weight excluding hydrogens is 444 g/mol. The molecule has 1 aliphatic heterocycles. The van der Waals surface area contributed by atoms with Gasteiger partial charge in [0.15, 0.2) is 0 Å². The molecule has 0 aliphatic carbocycles. The van der Waals surface area contributed by atoms with Gasteiger partial charge in [-0.1, -0.05) is 19.9 Å². The van der Waals surface area contributed by atoms with Crippen molar-refractivity contribution in [1.29, 1.82) is 0 Å². The second kappa shape index (κ2) is 10.7. The summed E-state index contributed by atoms with van der Waals surface area (Å²) in [5.74, 6) is 0.184. The quantitative estimate of drug-likeness (QED) is 0.530. The first kappa shape index (κ1) is 24.5. The Bertz CT molecular complexity index is 1080. The summed E-state index contributed by atoms with van der Waals surface area (Å²) in [6, 6.07) is 12.9. The maximum absolute atomic E-state index is 13.1. The van der Waals surface area contributed by atoms with Gasteiger partial charge in [-0.3, -0.25) is 20.4 Å². The normalized spacial score (nSPS) is 18.9. The lowest BCUT2D eigenvalue weighted by molar-refractivity contribution is -0.120. The number of sulfonamides is 1. The minimum Gasteiger partial charge on any atom is -0.497 e. The largest absolute Gasteiger partial charge is 0.497 e. The molecule has 9 nitrogen and oxygen atoms in total. The molecule has 2 atom stereocenters. The molecule has 1 aliphatic rings. The first-order valence-corrected chi connectivity index (χ1v) is 12.2. The summed E-state index contributed by atoms with van der Waals surface area (Å²) in [6.45, 7) is 4.93. The second-order valence-electron chi connectivity index (χ2n) is 8.38. The number of hydrogen-bond donors (Lipinski definition) is 3. The minimum absolute atomic E-state index is 0.0592. The van der Waals surface area contributed by atoms with Gasteiger partial charge in [-0.25, -0.2) is 8.42 Å². The number of anilines is 1. The van der Waals surface area contributed by atoms with Crippen molar-refractivity contribution in [2.24, 2.45) is 11.8 Å². The van der Waals surface area contributed by atoms with Crippen molar-refractivity contribution in [3.63, 3.8) is 0 Å². The molecule has 2 unspecified atom stereocenters. The van der Waals surface area contributed by atoms with Crippen molar-refractivity contribution in [2.45, 2.75) is 25.2 Å². The first-order valence-electron chi connectivity index (χ1n) is 10.8. The zero-order chi connectivity index (χ0) is 24.0. The Morgan fingerprint density at radius 1 is 1.03 bits per heavy atom. The van der Waals surface area contributed by atoms with Crippen LogP contribution in [-0.4, -0.2) is 51.3 Å². The van der Waals surface area contributed by atoms with Gasteiger partial charge in [0, 0.05) is 24.3 Å². The maximum Gasteiger partial charge on any atom is 0.269 e. The summed E-state index contributed by atoms with van der Waals surface area (Å²) in [6.07, 6.45) is 0.988. The van der Waals surface area contributed by atoms with Crippen molar-refractivity contribution >= 4 is 27.5 Å². The van der Waals surface area contributed by atoms with Crippen molar-refractivity contribution in [1.82, 2.24) is 15.2 Å². The number of rotatable bonds is 7. The van der Waals surface area contributed by atoms with Gasteiger partial charge in [-0.15, -0.1) is 0 Å². The van der Waals surface area contributed by atoms with Crippen LogP contribution in [0.15, 0.2) is 53.4 Å². The van der Waals surface area contributed by atoms with E-state index in [1.54, 1.807) is 31.4 Å². The highest BCUT2D eigenvalue weighted by Gasteiger charge is 2.32. The van der Waals surface area contributed by atoms with Crippen LogP contribution in [0.2, 0.25) is 0 Å². The molecule has 3 N–H and O–H groups in total. The Morgan fingerprint density at radius 2 is 1.70 bits per heavy atom. The Labute approximate surface area is 194 Å². The number of ether oxygens (including phenoxy) is 1. The Morgan fingerprint density at radius 3 is 2.33 bits per heavy atom. The average molecular weight is 475 g/mol. The Balaban J connectivity index is 1.57. The number of nitrogens with one attached hydrogen (secondary N) is 3. The number of piperidine rings is 1. The average Bonchev–Trinajstić information content (AvgIpc) is 2.81. The van der Waals surface area contributed by atoms with Gasteiger partial charge < -0.3 is 10.1 Å². The van der Waals surface area contributed by atoms with Crippen LogP contribution in [-0.2, 0) is 14.8 Å². The predicted molar refractivity (Wildman–Crippen MR) is 125 cm³/mol. The van der Waals surface area contributed by atoms with E-state index in [4.69, 9.17) is 4.74 Å². The lowest BCUT2D eigenvalue weighted by Crippen LogP contribution is -2.44. The lowest BCUT2D eigenvalue weighted by atomic mass is 9.94. The van der Waals surface area contributed by atoms with Crippen LogP contribution < -0.4 is 20.9 Å². The molecule has 2 amide bonds. The second-order valence-corrected chi connectivity index (χ2v) is 10.3. The molecule has 178 valence electrons. The van der Waals surface area contributed by atoms with Crippen molar-refractivity contribution < 1.29 is 22.7 Å². The number of nitrogens with zero attached hydrogens (tertiary/aromatic N) is 1. The number of methoxy groups -OCH3 is 1. The molecule has 0 spiro atoms. The number of carbonyl (C=O) groups is 2. The number of benzene rings is 2. The van der Waals surface area contributed by atoms with E-state index in [2.05, 4.69) is 16.2 Å². The highest BCUT2D eigenvalue weighted by atomic mass is 32.2. The molecule has 10 heteroatoms. The highest BCUT2D eigenvalue weighted by Crippen LogP contribution is 2.27. The van der Waals surface area contributed by atoms with Gasteiger partial charge in [0.25, 0.3) is 11.8 Å². The van der Waals surface area contributed by atoms with Crippen LogP contribution in [0.4, 0.5) is 5.69 Å². The molecule has 33 heavy (non-hydrogen) atoms.